The van der Waals surface area contributed by atoms with E-state index in [0.29, 0.717) is 5.75 Å². The van der Waals surface area contributed by atoms with Crippen molar-refractivity contribution in [2.75, 3.05) is 6.61 Å². The van der Waals surface area contributed by atoms with Gasteiger partial charge in [0, 0.05) is 3.57 Å². The molecule has 0 spiro atoms. The third-order valence-electron chi connectivity index (χ3n) is 2.91. The van der Waals surface area contributed by atoms with E-state index in [1.54, 1.807) is 18.2 Å². The van der Waals surface area contributed by atoms with Crippen molar-refractivity contribution in [1.29, 1.82) is 0 Å². The molecule has 2 aromatic rings. The van der Waals surface area contributed by atoms with Crippen LogP contribution in [0.25, 0.3) is 0 Å². The molecule has 0 heterocycles. The molecule has 1 unspecified atom stereocenters. The molecule has 1 N–H and O–H groups in total. The second-order valence-electron chi connectivity index (χ2n) is 4.59. The standard InChI is InChI=1S/C16H15FINO2/c1-11(12-5-7-13(17)8-6-12)19-16(20)10-21-15-4-2-3-14(18)9-15/h2-9,11H,10H2,1H3,(H,19,20). The minimum atomic E-state index is -0.292. The molecule has 0 saturated heterocycles. The summed E-state index contributed by atoms with van der Waals surface area (Å²) in [5.41, 5.74) is 0.846. The molecular formula is C16H15FINO2. The zero-order valence-electron chi connectivity index (χ0n) is 11.5. The van der Waals surface area contributed by atoms with E-state index in [0.717, 1.165) is 9.13 Å². The van der Waals surface area contributed by atoms with E-state index in [9.17, 15) is 9.18 Å². The molecule has 21 heavy (non-hydrogen) atoms. The zero-order chi connectivity index (χ0) is 15.2. The highest BCUT2D eigenvalue weighted by molar-refractivity contribution is 14.1. The number of carbonyl (C=O) groups excluding carboxylic acids is 1. The number of amides is 1. The van der Waals surface area contributed by atoms with E-state index in [1.807, 2.05) is 25.1 Å². The number of ether oxygens (including phenoxy) is 1. The second kappa shape index (κ2) is 7.40. The number of rotatable bonds is 5. The molecule has 0 fully saturated rings. The van der Waals surface area contributed by atoms with Crippen LogP contribution in [-0.4, -0.2) is 12.5 Å². The van der Waals surface area contributed by atoms with Crippen molar-refractivity contribution in [3.63, 3.8) is 0 Å². The first-order chi connectivity index (χ1) is 10.0. The minimum absolute atomic E-state index is 0.0500. The van der Waals surface area contributed by atoms with Gasteiger partial charge in [-0.1, -0.05) is 18.2 Å². The maximum atomic E-state index is 12.8. The van der Waals surface area contributed by atoms with Crippen LogP contribution in [0, 0.1) is 9.39 Å². The van der Waals surface area contributed by atoms with Gasteiger partial charge in [-0.3, -0.25) is 4.79 Å². The van der Waals surface area contributed by atoms with Gasteiger partial charge in [-0.05, 0) is 65.4 Å². The van der Waals surface area contributed by atoms with Crippen LogP contribution in [0.4, 0.5) is 4.39 Å². The van der Waals surface area contributed by atoms with E-state index >= 15 is 0 Å². The highest BCUT2D eigenvalue weighted by atomic mass is 127. The smallest absolute Gasteiger partial charge is 0.258 e. The average Bonchev–Trinajstić information content (AvgIpc) is 2.46. The van der Waals surface area contributed by atoms with Crippen molar-refractivity contribution in [1.82, 2.24) is 5.32 Å². The average molecular weight is 399 g/mol. The fraction of sp³-hybridized carbons (Fsp3) is 0.188. The summed E-state index contributed by atoms with van der Waals surface area (Å²) in [6.45, 7) is 1.79. The normalized spacial score (nSPS) is 11.8. The summed E-state index contributed by atoms with van der Waals surface area (Å²) in [6, 6.07) is 13.3. The Kier molecular flexibility index (Phi) is 5.55. The van der Waals surface area contributed by atoms with Crippen LogP contribution in [-0.2, 0) is 4.79 Å². The van der Waals surface area contributed by atoms with Crippen LogP contribution >= 0.6 is 22.6 Å². The molecule has 1 amide bonds. The van der Waals surface area contributed by atoms with Gasteiger partial charge < -0.3 is 10.1 Å². The topological polar surface area (TPSA) is 38.3 Å². The lowest BCUT2D eigenvalue weighted by atomic mass is 10.1. The van der Waals surface area contributed by atoms with E-state index < -0.39 is 0 Å². The fourth-order valence-corrected chi connectivity index (χ4v) is 2.34. The summed E-state index contributed by atoms with van der Waals surface area (Å²) >= 11 is 2.18. The lowest BCUT2D eigenvalue weighted by Crippen LogP contribution is -2.31. The quantitative estimate of drug-likeness (QED) is 0.780. The summed E-state index contributed by atoms with van der Waals surface area (Å²) < 4.78 is 19.3. The summed E-state index contributed by atoms with van der Waals surface area (Å²) in [5.74, 6) is 0.150. The first-order valence-electron chi connectivity index (χ1n) is 6.48. The van der Waals surface area contributed by atoms with E-state index in [-0.39, 0.29) is 24.4 Å². The Labute approximate surface area is 136 Å². The highest BCUT2D eigenvalue weighted by Gasteiger charge is 2.10. The summed E-state index contributed by atoms with van der Waals surface area (Å²) in [6.07, 6.45) is 0. The van der Waals surface area contributed by atoms with Crippen molar-refractivity contribution in [2.24, 2.45) is 0 Å². The monoisotopic (exact) mass is 399 g/mol. The number of hydrogen-bond acceptors (Lipinski definition) is 2. The Hall–Kier alpha value is -1.63. The van der Waals surface area contributed by atoms with Crippen molar-refractivity contribution in [3.05, 3.63) is 63.5 Å². The van der Waals surface area contributed by atoms with Gasteiger partial charge in [-0.15, -0.1) is 0 Å². The van der Waals surface area contributed by atoms with Gasteiger partial charge in [0.2, 0.25) is 0 Å². The van der Waals surface area contributed by atoms with Gasteiger partial charge >= 0.3 is 0 Å². The van der Waals surface area contributed by atoms with E-state index in [4.69, 9.17) is 4.74 Å². The van der Waals surface area contributed by atoms with Crippen LogP contribution in [0.5, 0.6) is 5.75 Å². The zero-order valence-corrected chi connectivity index (χ0v) is 13.6. The minimum Gasteiger partial charge on any atom is -0.484 e. The lowest BCUT2D eigenvalue weighted by Gasteiger charge is -2.14. The van der Waals surface area contributed by atoms with Crippen LogP contribution in [0.1, 0.15) is 18.5 Å². The number of halogens is 2. The molecule has 0 aromatic heterocycles. The first-order valence-corrected chi connectivity index (χ1v) is 7.55. The number of hydrogen-bond donors (Lipinski definition) is 1. The molecule has 2 rings (SSSR count). The molecule has 3 nitrogen and oxygen atoms in total. The Morgan fingerprint density at radius 2 is 2.00 bits per heavy atom. The number of nitrogens with one attached hydrogen (secondary N) is 1. The van der Waals surface area contributed by atoms with Gasteiger partial charge in [-0.25, -0.2) is 4.39 Å². The van der Waals surface area contributed by atoms with Crippen molar-refractivity contribution >= 4 is 28.5 Å². The van der Waals surface area contributed by atoms with E-state index in [2.05, 4.69) is 27.9 Å². The summed E-state index contributed by atoms with van der Waals surface area (Å²) in [7, 11) is 0. The van der Waals surface area contributed by atoms with Gasteiger partial charge in [0.1, 0.15) is 11.6 Å². The van der Waals surface area contributed by atoms with Gasteiger partial charge in [-0.2, -0.15) is 0 Å². The molecule has 5 heteroatoms. The first kappa shape index (κ1) is 15.8. The number of carbonyl (C=O) groups is 1. The molecule has 2 aromatic carbocycles. The lowest BCUT2D eigenvalue weighted by molar-refractivity contribution is -0.123. The Bertz CT molecular complexity index is 616. The Morgan fingerprint density at radius 1 is 1.29 bits per heavy atom. The largest absolute Gasteiger partial charge is 0.484 e. The molecule has 1 atom stereocenters. The SMILES string of the molecule is CC(NC(=O)COc1cccc(I)c1)c1ccc(F)cc1. The van der Waals surface area contributed by atoms with Gasteiger partial charge in [0.05, 0.1) is 6.04 Å². The maximum absolute atomic E-state index is 12.8. The third kappa shape index (κ3) is 5.00. The van der Waals surface area contributed by atoms with E-state index in [1.165, 1.54) is 12.1 Å². The molecule has 110 valence electrons. The molecule has 0 aliphatic rings. The highest BCUT2D eigenvalue weighted by Crippen LogP contribution is 2.15. The van der Waals surface area contributed by atoms with Crippen LogP contribution < -0.4 is 10.1 Å². The summed E-state index contributed by atoms with van der Waals surface area (Å²) in [4.78, 5) is 11.8. The maximum Gasteiger partial charge on any atom is 0.258 e. The van der Waals surface area contributed by atoms with Gasteiger partial charge in [0.25, 0.3) is 5.91 Å². The Morgan fingerprint density at radius 3 is 2.67 bits per heavy atom. The Balaban J connectivity index is 1.85. The van der Waals surface area contributed by atoms with Gasteiger partial charge in [0.15, 0.2) is 6.61 Å². The van der Waals surface area contributed by atoms with Crippen LogP contribution in [0.15, 0.2) is 48.5 Å². The van der Waals surface area contributed by atoms with Crippen LogP contribution in [0.2, 0.25) is 0 Å². The third-order valence-corrected chi connectivity index (χ3v) is 3.58. The fourth-order valence-electron chi connectivity index (χ4n) is 1.82. The molecule has 0 radical (unpaired) electrons. The van der Waals surface area contributed by atoms with Crippen LogP contribution in [0.3, 0.4) is 0 Å². The summed E-state index contributed by atoms with van der Waals surface area (Å²) in [5, 5.41) is 2.81. The predicted molar refractivity (Wildman–Crippen MR) is 87.6 cm³/mol. The molecule has 0 saturated carbocycles. The van der Waals surface area contributed by atoms with Crippen molar-refractivity contribution in [2.45, 2.75) is 13.0 Å². The van der Waals surface area contributed by atoms with Crippen molar-refractivity contribution in [3.8, 4) is 5.75 Å². The molecular weight excluding hydrogens is 384 g/mol. The molecule has 0 aliphatic heterocycles. The molecule has 0 bridgehead atoms. The predicted octanol–water partition coefficient (Wildman–Crippen LogP) is 3.69. The second-order valence-corrected chi connectivity index (χ2v) is 5.83. The number of benzene rings is 2. The van der Waals surface area contributed by atoms with Crippen molar-refractivity contribution < 1.29 is 13.9 Å². The molecule has 0 aliphatic carbocycles.